The van der Waals surface area contributed by atoms with E-state index in [0.29, 0.717) is 5.82 Å². The molecule has 1 aliphatic rings. The molecule has 0 spiro atoms. The third-order valence-electron chi connectivity index (χ3n) is 6.73. The van der Waals surface area contributed by atoms with Crippen molar-refractivity contribution in [1.82, 2.24) is 14.2 Å². The van der Waals surface area contributed by atoms with Crippen molar-refractivity contribution in [2.24, 2.45) is 11.8 Å². The van der Waals surface area contributed by atoms with E-state index in [0.717, 1.165) is 39.0 Å². The van der Waals surface area contributed by atoms with E-state index in [2.05, 4.69) is 41.3 Å². The van der Waals surface area contributed by atoms with E-state index in [1.807, 2.05) is 42.5 Å². The molecular weight excluding hydrogens is 430 g/mol. The van der Waals surface area contributed by atoms with Gasteiger partial charge in [0.15, 0.2) is 5.82 Å². The molecule has 1 aliphatic carbocycles. The summed E-state index contributed by atoms with van der Waals surface area (Å²) in [7, 11) is -3.81. The van der Waals surface area contributed by atoms with E-state index in [1.54, 1.807) is 12.1 Å². The van der Waals surface area contributed by atoms with Crippen molar-refractivity contribution in [3.63, 3.8) is 0 Å². The molecule has 5 nitrogen and oxygen atoms in total. The first kappa shape index (κ1) is 21.6. The Kier molecular flexibility index (Phi) is 5.85. The molecule has 1 saturated carbocycles. The van der Waals surface area contributed by atoms with Crippen LogP contribution in [-0.4, -0.2) is 22.6 Å². The summed E-state index contributed by atoms with van der Waals surface area (Å²) in [4.78, 5) is 4.35. The molecule has 0 amide bonds. The molecular formula is C27H27N3O2S. The third kappa shape index (κ3) is 4.48. The fourth-order valence-electron chi connectivity index (χ4n) is 4.67. The van der Waals surface area contributed by atoms with Crippen molar-refractivity contribution < 1.29 is 8.42 Å². The molecule has 0 bridgehead atoms. The van der Waals surface area contributed by atoms with Crippen LogP contribution in [0.5, 0.6) is 0 Å². The zero-order chi connectivity index (χ0) is 22.8. The standard InChI is InChI=1S/C27H27N3O2S/c1-20-6-5-9-25(20)18-21-10-12-22(13-11-21)23-14-16-26(17-15-23)33(31,32)30-19-28-27(29-30)24-7-3-2-4-8-24/h2-4,7-8,10-17,19-20,25H,5-6,9,18H2,1H3/t20-,25?/m0/s1. The van der Waals surface area contributed by atoms with Crippen LogP contribution in [0.2, 0.25) is 0 Å². The van der Waals surface area contributed by atoms with Gasteiger partial charge in [-0.15, -0.1) is 9.19 Å². The fraction of sp³-hybridized carbons (Fsp3) is 0.259. The van der Waals surface area contributed by atoms with Gasteiger partial charge in [-0.1, -0.05) is 86.5 Å². The Morgan fingerprint density at radius 2 is 1.52 bits per heavy atom. The Morgan fingerprint density at radius 1 is 0.848 bits per heavy atom. The Bertz CT molecular complexity index is 1330. The van der Waals surface area contributed by atoms with Crippen molar-refractivity contribution in [1.29, 1.82) is 0 Å². The molecule has 1 aromatic heterocycles. The largest absolute Gasteiger partial charge is 0.284 e. The van der Waals surface area contributed by atoms with Crippen molar-refractivity contribution in [3.05, 3.63) is 90.8 Å². The normalized spacial score (nSPS) is 18.5. The number of benzene rings is 3. The topological polar surface area (TPSA) is 64.8 Å². The maximum Gasteiger partial charge on any atom is 0.284 e. The lowest BCUT2D eigenvalue weighted by atomic mass is 9.90. The SMILES string of the molecule is C[C@H]1CCCC1Cc1ccc(-c2ccc(S(=O)(=O)n3cnc(-c4ccccc4)n3)cc2)cc1. The quantitative estimate of drug-likeness (QED) is 0.365. The molecule has 6 heteroatoms. The average Bonchev–Trinajstić information content (AvgIpc) is 3.50. The zero-order valence-corrected chi connectivity index (χ0v) is 19.4. The second-order valence-corrected chi connectivity index (χ2v) is 10.7. The summed E-state index contributed by atoms with van der Waals surface area (Å²) in [5, 5.41) is 4.18. The summed E-state index contributed by atoms with van der Waals surface area (Å²) in [6, 6.07) is 24.9. The minimum Gasteiger partial charge on any atom is -0.214 e. The highest BCUT2D eigenvalue weighted by molar-refractivity contribution is 7.89. The van der Waals surface area contributed by atoms with Gasteiger partial charge in [-0.05, 0) is 53.5 Å². The highest BCUT2D eigenvalue weighted by atomic mass is 32.2. The molecule has 0 N–H and O–H groups in total. The van der Waals surface area contributed by atoms with Crippen molar-refractivity contribution in [2.45, 2.75) is 37.5 Å². The first-order chi connectivity index (χ1) is 16.0. The van der Waals surface area contributed by atoms with Crippen LogP contribution in [0.15, 0.2) is 90.1 Å². The summed E-state index contributed by atoms with van der Waals surface area (Å²) >= 11 is 0. The first-order valence-corrected chi connectivity index (χ1v) is 12.9. The molecule has 5 rings (SSSR count). The van der Waals surface area contributed by atoms with E-state index < -0.39 is 10.0 Å². The van der Waals surface area contributed by atoms with Crippen LogP contribution in [0.25, 0.3) is 22.5 Å². The second kappa shape index (κ2) is 8.94. The Labute approximate surface area is 195 Å². The lowest BCUT2D eigenvalue weighted by Gasteiger charge is -2.15. The second-order valence-electron chi connectivity index (χ2n) is 8.91. The van der Waals surface area contributed by atoms with Gasteiger partial charge in [0, 0.05) is 5.56 Å². The van der Waals surface area contributed by atoms with Gasteiger partial charge in [0.25, 0.3) is 10.0 Å². The van der Waals surface area contributed by atoms with Crippen LogP contribution in [-0.2, 0) is 16.4 Å². The molecule has 1 heterocycles. The van der Waals surface area contributed by atoms with Crippen LogP contribution in [0.3, 0.4) is 0 Å². The van der Waals surface area contributed by atoms with Gasteiger partial charge < -0.3 is 0 Å². The maximum atomic E-state index is 13.0. The summed E-state index contributed by atoms with van der Waals surface area (Å²) in [6.07, 6.45) is 6.41. The molecule has 0 aliphatic heterocycles. The van der Waals surface area contributed by atoms with E-state index >= 15 is 0 Å². The van der Waals surface area contributed by atoms with Crippen molar-refractivity contribution in [3.8, 4) is 22.5 Å². The Hall–Kier alpha value is -3.25. The van der Waals surface area contributed by atoms with Crippen LogP contribution >= 0.6 is 0 Å². The number of aromatic nitrogens is 3. The smallest absolute Gasteiger partial charge is 0.214 e. The molecule has 4 aromatic rings. The monoisotopic (exact) mass is 457 g/mol. The van der Waals surface area contributed by atoms with Gasteiger partial charge in [-0.2, -0.15) is 8.42 Å². The van der Waals surface area contributed by atoms with Gasteiger partial charge in [0.1, 0.15) is 6.33 Å². The summed E-state index contributed by atoms with van der Waals surface area (Å²) < 4.78 is 27.0. The maximum absolute atomic E-state index is 13.0. The first-order valence-electron chi connectivity index (χ1n) is 11.4. The minimum absolute atomic E-state index is 0.183. The van der Waals surface area contributed by atoms with Crippen molar-refractivity contribution >= 4 is 10.0 Å². The number of nitrogens with zero attached hydrogens (tertiary/aromatic N) is 3. The fourth-order valence-corrected chi connectivity index (χ4v) is 5.73. The zero-order valence-electron chi connectivity index (χ0n) is 18.6. The Balaban J connectivity index is 1.32. The lowest BCUT2D eigenvalue weighted by Crippen LogP contribution is -2.13. The predicted octanol–water partition coefficient (Wildman–Crippen LogP) is 5.83. The van der Waals surface area contributed by atoms with E-state index in [1.165, 1.54) is 31.2 Å². The molecule has 1 unspecified atom stereocenters. The molecule has 3 aromatic carbocycles. The number of rotatable bonds is 6. The highest BCUT2D eigenvalue weighted by Crippen LogP contribution is 2.34. The predicted molar refractivity (Wildman–Crippen MR) is 130 cm³/mol. The lowest BCUT2D eigenvalue weighted by molar-refractivity contribution is 0.417. The van der Waals surface area contributed by atoms with Gasteiger partial charge in [0.05, 0.1) is 4.90 Å². The van der Waals surface area contributed by atoms with Gasteiger partial charge in [-0.3, -0.25) is 0 Å². The molecule has 1 fully saturated rings. The summed E-state index contributed by atoms with van der Waals surface area (Å²) in [6.45, 7) is 2.36. The van der Waals surface area contributed by atoms with Crippen LogP contribution < -0.4 is 0 Å². The van der Waals surface area contributed by atoms with Gasteiger partial charge in [0.2, 0.25) is 0 Å². The van der Waals surface area contributed by atoms with E-state index in [-0.39, 0.29) is 4.90 Å². The molecule has 0 radical (unpaired) electrons. The van der Waals surface area contributed by atoms with Gasteiger partial charge in [-0.25, -0.2) is 4.98 Å². The van der Waals surface area contributed by atoms with Crippen LogP contribution in [0.4, 0.5) is 0 Å². The van der Waals surface area contributed by atoms with Gasteiger partial charge >= 0.3 is 0 Å². The highest BCUT2D eigenvalue weighted by Gasteiger charge is 2.23. The minimum atomic E-state index is -3.81. The molecule has 0 saturated heterocycles. The number of hydrogen-bond acceptors (Lipinski definition) is 4. The van der Waals surface area contributed by atoms with E-state index in [9.17, 15) is 8.42 Å². The molecule has 168 valence electrons. The summed E-state index contributed by atoms with van der Waals surface area (Å²) in [5.41, 5.74) is 4.21. The van der Waals surface area contributed by atoms with E-state index in [4.69, 9.17) is 0 Å². The van der Waals surface area contributed by atoms with Crippen LogP contribution in [0, 0.1) is 11.8 Å². The van der Waals surface area contributed by atoms with Crippen molar-refractivity contribution in [2.75, 3.05) is 0 Å². The average molecular weight is 458 g/mol. The molecule has 2 atom stereocenters. The van der Waals surface area contributed by atoms with Crippen LogP contribution in [0.1, 0.15) is 31.7 Å². The molecule has 33 heavy (non-hydrogen) atoms. The summed E-state index contributed by atoms with van der Waals surface area (Å²) in [5.74, 6) is 1.98. The third-order valence-corrected chi connectivity index (χ3v) is 8.26. The Morgan fingerprint density at radius 3 is 2.15 bits per heavy atom. The number of hydrogen-bond donors (Lipinski definition) is 0.